The van der Waals surface area contributed by atoms with Gasteiger partial charge in [-0.15, -0.1) is 12.4 Å². The molecule has 4 N–H and O–H groups in total. The van der Waals surface area contributed by atoms with Crippen molar-refractivity contribution in [2.75, 3.05) is 0 Å². The summed E-state index contributed by atoms with van der Waals surface area (Å²) in [6.45, 7) is 0. The zero-order valence-corrected chi connectivity index (χ0v) is 9.66. The van der Waals surface area contributed by atoms with Crippen LogP contribution in [0.3, 0.4) is 0 Å². The molecule has 0 bridgehead atoms. The number of rotatable bonds is 4. The number of nitrogens with one attached hydrogen (secondary N) is 2. The van der Waals surface area contributed by atoms with Gasteiger partial charge in [-0.2, -0.15) is 0 Å². The quantitative estimate of drug-likeness (QED) is 0.554. The second kappa shape index (κ2) is 6.43. The minimum atomic E-state index is 0. The molecule has 0 amide bonds. The van der Waals surface area contributed by atoms with Gasteiger partial charge < -0.3 is 11.1 Å². The van der Waals surface area contributed by atoms with Gasteiger partial charge in [0.1, 0.15) is 0 Å². The van der Waals surface area contributed by atoms with Crippen molar-refractivity contribution in [2.45, 2.75) is 12.8 Å². The van der Waals surface area contributed by atoms with Crippen LogP contribution >= 0.6 is 24.0 Å². The van der Waals surface area contributed by atoms with E-state index in [1.807, 2.05) is 18.2 Å². The van der Waals surface area contributed by atoms with Crippen LogP contribution < -0.4 is 5.73 Å². The number of hydrogen-bond donors (Lipinski definition) is 3. The van der Waals surface area contributed by atoms with Crippen molar-refractivity contribution in [3.05, 3.63) is 34.9 Å². The fraction of sp³-hybridized carbons (Fsp3) is 0.200. The molecule has 5 heteroatoms. The molecule has 1 aromatic rings. The van der Waals surface area contributed by atoms with E-state index >= 15 is 0 Å². The van der Waals surface area contributed by atoms with Gasteiger partial charge in [0, 0.05) is 23.6 Å². The summed E-state index contributed by atoms with van der Waals surface area (Å²) in [6.07, 6.45) is 0.729. The number of benzene rings is 1. The Kier molecular flexibility index (Phi) is 5.97. The van der Waals surface area contributed by atoms with Crippen LogP contribution in [0.25, 0.3) is 0 Å². The van der Waals surface area contributed by atoms with Gasteiger partial charge in [0.05, 0.1) is 5.84 Å². The van der Waals surface area contributed by atoms with Crippen molar-refractivity contribution < 1.29 is 0 Å². The SMILES string of the molecule is Cl.N=C(N)CC(=N)Cc1cccc(Cl)c1. The molecule has 0 saturated carbocycles. The fourth-order valence-corrected chi connectivity index (χ4v) is 1.40. The van der Waals surface area contributed by atoms with Crippen molar-refractivity contribution in [1.29, 1.82) is 10.8 Å². The fourth-order valence-electron chi connectivity index (χ4n) is 1.19. The highest BCUT2D eigenvalue weighted by Crippen LogP contribution is 2.11. The molecule has 82 valence electrons. The normalized spacial score (nSPS) is 9.13. The van der Waals surface area contributed by atoms with Gasteiger partial charge >= 0.3 is 0 Å². The second-order valence-corrected chi connectivity index (χ2v) is 3.55. The highest BCUT2D eigenvalue weighted by Gasteiger charge is 2.01. The summed E-state index contributed by atoms with van der Waals surface area (Å²) in [6, 6.07) is 7.36. The summed E-state index contributed by atoms with van der Waals surface area (Å²) in [5.74, 6) is 0.0250. The van der Waals surface area contributed by atoms with Crippen molar-refractivity contribution in [3.8, 4) is 0 Å². The predicted molar refractivity (Wildman–Crippen MR) is 66.7 cm³/mol. The number of hydrogen-bond acceptors (Lipinski definition) is 2. The first-order valence-electron chi connectivity index (χ1n) is 4.21. The summed E-state index contributed by atoms with van der Waals surface area (Å²) in [4.78, 5) is 0. The topological polar surface area (TPSA) is 73.7 Å². The molecular formula is C10H13Cl2N3. The Bertz CT molecular complexity index is 363. The molecule has 0 heterocycles. The van der Waals surface area contributed by atoms with Gasteiger partial charge in [-0.25, -0.2) is 0 Å². The van der Waals surface area contributed by atoms with E-state index in [2.05, 4.69) is 0 Å². The predicted octanol–water partition coefficient (Wildman–Crippen LogP) is 2.65. The van der Waals surface area contributed by atoms with Crippen molar-refractivity contribution >= 4 is 35.6 Å². The van der Waals surface area contributed by atoms with E-state index in [1.165, 1.54) is 0 Å². The molecule has 0 aliphatic rings. The van der Waals surface area contributed by atoms with E-state index in [-0.39, 0.29) is 24.7 Å². The minimum absolute atomic E-state index is 0. The Hall–Kier alpha value is -1.06. The molecule has 1 rings (SSSR count). The van der Waals surface area contributed by atoms with Crippen molar-refractivity contribution in [1.82, 2.24) is 0 Å². The molecule has 0 unspecified atom stereocenters. The number of nitrogens with two attached hydrogens (primary N) is 1. The van der Waals surface area contributed by atoms with Crippen LogP contribution in [0.15, 0.2) is 24.3 Å². The first-order valence-corrected chi connectivity index (χ1v) is 4.59. The molecule has 1 aromatic carbocycles. The first kappa shape index (κ1) is 13.9. The zero-order valence-electron chi connectivity index (χ0n) is 8.09. The molecule has 0 aliphatic heterocycles. The molecule has 0 spiro atoms. The summed E-state index contributed by atoms with van der Waals surface area (Å²) in [5, 5.41) is 15.3. The molecule has 0 atom stereocenters. The molecule has 0 aromatic heterocycles. The van der Waals surface area contributed by atoms with Crippen LogP contribution in [0, 0.1) is 10.8 Å². The summed E-state index contributed by atoms with van der Waals surface area (Å²) >= 11 is 5.80. The smallest absolute Gasteiger partial charge is 0.0962 e. The maximum Gasteiger partial charge on any atom is 0.0962 e. The molecule has 0 saturated heterocycles. The maximum absolute atomic E-state index is 7.56. The van der Waals surface area contributed by atoms with Crippen LogP contribution in [-0.4, -0.2) is 11.5 Å². The van der Waals surface area contributed by atoms with Crippen LogP contribution in [0.5, 0.6) is 0 Å². The molecule has 0 fully saturated rings. The lowest BCUT2D eigenvalue weighted by atomic mass is 10.1. The Balaban J connectivity index is 0.00000196. The molecule has 3 nitrogen and oxygen atoms in total. The second-order valence-electron chi connectivity index (χ2n) is 3.11. The Morgan fingerprint density at radius 3 is 2.53 bits per heavy atom. The van der Waals surface area contributed by atoms with E-state index in [0.717, 1.165) is 5.56 Å². The molecule has 0 radical (unpaired) electrons. The third kappa shape index (κ3) is 5.40. The summed E-state index contributed by atoms with van der Waals surface area (Å²) in [7, 11) is 0. The number of amidine groups is 1. The van der Waals surface area contributed by atoms with Gasteiger partial charge in [-0.3, -0.25) is 5.41 Å². The monoisotopic (exact) mass is 245 g/mol. The Morgan fingerprint density at radius 1 is 1.33 bits per heavy atom. The van der Waals surface area contributed by atoms with Gasteiger partial charge in [-0.1, -0.05) is 23.7 Å². The Labute approximate surface area is 100 Å². The van der Waals surface area contributed by atoms with Crippen LogP contribution in [0.4, 0.5) is 0 Å². The highest BCUT2D eigenvalue weighted by atomic mass is 35.5. The van der Waals surface area contributed by atoms with Gasteiger partial charge in [0.25, 0.3) is 0 Å². The third-order valence-corrected chi connectivity index (χ3v) is 1.95. The van der Waals surface area contributed by atoms with Gasteiger partial charge in [0.2, 0.25) is 0 Å². The lowest BCUT2D eigenvalue weighted by Gasteiger charge is -2.03. The number of halogens is 2. The third-order valence-electron chi connectivity index (χ3n) is 1.71. The lowest BCUT2D eigenvalue weighted by Crippen LogP contribution is -2.16. The summed E-state index contributed by atoms with van der Waals surface area (Å²) in [5.41, 5.74) is 6.60. The first-order chi connectivity index (χ1) is 6.58. The minimum Gasteiger partial charge on any atom is -0.387 e. The Morgan fingerprint density at radius 2 is 2.00 bits per heavy atom. The zero-order chi connectivity index (χ0) is 10.6. The van der Waals surface area contributed by atoms with Crippen LogP contribution in [0.1, 0.15) is 12.0 Å². The molecule has 15 heavy (non-hydrogen) atoms. The van der Waals surface area contributed by atoms with Crippen molar-refractivity contribution in [3.63, 3.8) is 0 Å². The van der Waals surface area contributed by atoms with E-state index in [1.54, 1.807) is 6.07 Å². The lowest BCUT2D eigenvalue weighted by molar-refractivity contribution is 1.21. The van der Waals surface area contributed by atoms with E-state index in [0.29, 0.717) is 17.2 Å². The average Bonchev–Trinajstić information content (AvgIpc) is 2.01. The largest absolute Gasteiger partial charge is 0.387 e. The van der Waals surface area contributed by atoms with Crippen LogP contribution in [0.2, 0.25) is 5.02 Å². The summed E-state index contributed by atoms with van der Waals surface area (Å²) < 4.78 is 0. The van der Waals surface area contributed by atoms with Crippen molar-refractivity contribution in [2.24, 2.45) is 5.73 Å². The van der Waals surface area contributed by atoms with Gasteiger partial charge in [0.15, 0.2) is 0 Å². The van der Waals surface area contributed by atoms with Gasteiger partial charge in [-0.05, 0) is 17.7 Å². The van der Waals surface area contributed by atoms with E-state index < -0.39 is 0 Å². The van der Waals surface area contributed by atoms with E-state index in [4.69, 9.17) is 28.2 Å². The van der Waals surface area contributed by atoms with E-state index in [9.17, 15) is 0 Å². The molecule has 0 aliphatic carbocycles. The molecular weight excluding hydrogens is 233 g/mol. The maximum atomic E-state index is 7.56. The standard InChI is InChI=1S/C10H12ClN3.ClH/c11-8-3-1-2-7(4-8)5-9(12)6-10(13)14;/h1-4,12H,5-6H2,(H3,13,14);1H. The highest BCUT2D eigenvalue weighted by molar-refractivity contribution is 6.30. The van der Waals surface area contributed by atoms with Crippen LogP contribution in [-0.2, 0) is 6.42 Å². The average molecular weight is 246 g/mol.